The molecule has 0 aliphatic heterocycles. The molecule has 0 aromatic heterocycles. The maximum atomic E-state index is 12.8. The molecule has 1 aromatic carbocycles. The third-order valence-corrected chi connectivity index (χ3v) is 1.40. The number of halogens is 1. The van der Waals surface area contributed by atoms with Gasteiger partial charge in [0.15, 0.2) is 11.6 Å². The maximum absolute atomic E-state index is 12.8. The highest BCUT2D eigenvalue weighted by molar-refractivity contribution is 5.90. The summed E-state index contributed by atoms with van der Waals surface area (Å²) in [5.41, 5.74) is -0.169. The minimum absolute atomic E-state index is 0.169. The molecule has 1 aromatic rings. The van der Waals surface area contributed by atoms with Crippen molar-refractivity contribution in [2.45, 2.75) is 0 Å². The Bertz CT molecular complexity index is 309. The van der Waals surface area contributed by atoms with Crippen LogP contribution in [-0.4, -0.2) is 18.2 Å². The van der Waals surface area contributed by atoms with E-state index in [1.54, 1.807) is 0 Å². The molecule has 12 heavy (non-hydrogen) atoms. The van der Waals surface area contributed by atoms with Gasteiger partial charge in [-0.1, -0.05) is 6.07 Å². The summed E-state index contributed by atoms with van der Waals surface area (Å²) in [5.74, 6) is -2.10. The number of rotatable bonds is 2. The standard InChI is InChI=1S/C8H7FO3/c1-12-7-5(8(10)11)3-2-4-6(7)9/h2-4H,1H3,(H,10,11). The van der Waals surface area contributed by atoms with E-state index in [1.807, 2.05) is 0 Å². The SMILES string of the molecule is COc1c(F)cccc1C(=O)O. The van der Waals surface area contributed by atoms with E-state index in [9.17, 15) is 9.18 Å². The van der Waals surface area contributed by atoms with Gasteiger partial charge in [-0.05, 0) is 12.1 Å². The van der Waals surface area contributed by atoms with Crippen LogP contribution in [0.2, 0.25) is 0 Å². The summed E-state index contributed by atoms with van der Waals surface area (Å²) in [6.45, 7) is 0. The Hall–Kier alpha value is -1.58. The van der Waals surface area contributed by atoms with Crippen LogP contribution in [0.25, 0.3) is 0 Å². The minimum atomic E-state index is -1.20. The van der Waals surface area contributed by atoms with E-state index in [4.69, 9.17) is 5.11 Å². The second-order valence-electron chi connectivity index (χ2n) is 2.13. The van der Waals surface area contributed by atoms with Gasteiger partial charge in [0.1, 0.15) is 5.56 Å². The number of carboxylic acids is 1. The van der Waals surface area contributed by atoms with E-state index in [1.165, 1.54) is 19.2 Å². The van der Waals surface area contributed by atoms with E-state index >= 15 is 0 Å². The first kappa shape index (κ1) is 8.52. The molecule has 0 radical (unpaired) electrons. The lowest BCUT2D eigenvalue weighted by Crippen LogP contribution is -2.01. The first-order valence-electron chi connectivity index (χ1n) is 3.22. The molecule has 0 atom stereocenters. The molecule has 0 saturated heterocycles. The average molecular weight is 170 g/mol. The van der Waals surface area contributed by atoms with Crippen molar-refractivity contribution >= 4 is 5.97 Å². The van der Waals surface area contributed by atoms with Gasteiger partial charge in [-0.2, -0.15) is 0 Å². The second-order valence-corrected chi connectivity index (χ2v) is 2.13. The predicted molar refractivity (Wildman–Crippen MR) is 39.9 cm³/mol. The molecular formula is C8H7FO3. The van der Waals surface area contributed by atoms with Crippen LogP contribution in [-0.2, 0) is 0 Å². The number of hydrogen-bond acceptors (Lipinski definition) is 2. The first-order chi connectivity index (χ1) is 5.66. The lowest BCUT2D eigenvalue weighted by molar-refractivity contribution is 0.0692. The van der Waals surface area contributed by atoms with Gasteiger partial charge in [-0.25, -0.2) is 9.18 Å². The fraction of sp³-hybridized carbons (Fsp3) is 0.125. The van der Waals surface area contributed by atoms with Crippen LogP contribution in [0.1, 0.15) is 10.4 Å². The summed E-state index contributed by atoms with van der Waals surface area (Å²) in [4.78, 5) is 10.5. The zero-order valence-electron chi connectivity index (χ0n) is 6.37. The second kappa shape index (κ2) is 3.21. The van der Waals surface area contributed by atoms with Crippen molar-refractivity contribution in [2.75, 3.05) is 7.11 Å². The fourth-order valence-electron chi connectivity index (χ4n) is 0.885. The molecule has 3 nitrogen and oxygen atoms in total. The summed E-state index contributed by atoms with van der Waals surface area (Å²) in [7, 11) is 1.23. The number of ether oxygens (including phenoxy) is 1. The molecule has 0 aliphatic rings. The van der Waals surface area contributed by atoms with Crippen molar-refractivity contribution in [3.63, 3.8) is 0 Å². The third-order valence-electron chi connectivity index (χ3n) is 1.40. The van der Waals surface area contributed by atoms with Crippen molar-refractivity contribution in [3.05, 3.63) is 29.6 Å². The molecule has 4 heteroatoms. The molecule has 0 spiro atoms. The summed E-state index contributed by atoms with van der Waals surface area (Å²) in [5, 5.41) is 8.57. The molecule has 0 amide bonds. The molecule has 1 rings (SSSR count). The van der Waals surface area contributed by atoms with Gasteiger partial charge < -0.3 is 9.84 Å². The number of aromatic carboxylic acids is 1. The molecular weight excluding hydrogens is 163 g/mol. The van der Waals surface area contributed by atoms with Crippen molar-refractivity contribution < 1.29 is 19.0 Å². The molecule has 0 saturated carbocycles. The Morgan fingerprint density at radius 2 is 2.25 bits per heavy atom. The molecule has 1 N–H and O–H groups in total. The van der Waals surface area contributed by atoms with Gasteiger partial charge in [-0.15, -0.1) is 0 Å². The Balaban J connectivity index is 3.27. The summed E-state index contributed by atoms with van der Waals surface area (Å²) >= 11 is 0. The lowest BCUT2D eigenvalue weighted by Gasteiger charge is -2.04. The van der Waals surface area contributed by atoms with Crippen LogP contribution >= 0.6 is 0 Å². The Morgan fingerprint density at radius 3 is 2.67 bits per heavy atom. The van der Waals surface area contributed by atoms with Crippen LogP contribution in [0.4, 0.5) is 4.39 Å². The van der Waals surface area contributed by atoms with Crippen molar-refractivity contribution in [3.8, 4) is 5.75 Å². The van der Waals surface area contributed by atoms with Gasteiger partial charge in [0.2, 0.25) is 0 Å². The third kappa shape index (κ3) is 1.37. The quantitative estimate of drug-likeness (QED) is 0.732. The number of benzene rings is 1. The smallest absolute Gasteiger partial charge is 0.339 e. The highest BCUT2D eigenvalue weighted by atomic mass is 19.1. The topological polar surface area (TPSA) is 46.5 Å². The monoisotopic (exact) mass is 170 g/mol. The number of para-hydroxylation sites is 1. The summed E-state index contributed by atoms with van der Waals surface area (Å²) < 4.78 is 17.4. The number of methoxy groups -OCH3 is 1. The molecule has 0 unspecified atom stereocenters. The van der Waals surface area contributed by atoms with Crippen molar-refractivity contribution in [1.29, 1.82) is 0 Å². The van der Waals surface area contributed by atoms with Gasteiger partial charge >= 0.3 is 5.97 Å². The van der Waals surface area contributed by atoms with Gasteiger partial charge in [0, 0.05) is 0 Å². The summed E-state index contributed by atoms with van der Waals surface area (Å²) in [6, 6.07) is 3.75. The largest absolute Gasteiger partial charge is 0.493 e. The molecule has 0 bridgehead atoms. The molecule has 0 fully saturated rings. The fourth-order valence-corrected chi connectivity index (χ4v) is 0.885. The van der Waals surface area contributed by atoms with E-state index in [-0.39, 0.29) is 11.3 Å². The normalized spacial score (nSPS) is 9.50. The van der Waals surface area contributed by atoms with Gasteiger partial charge in [0.05, 0.1) is 7.11 Å². The van der Waals surface area contributed by atoms with Crippen LogP contribution in [0, 0.1) is 5.82 Å². The van der Waals surface area contributed by atoms with Crippen molar-refractivity contribution in [2.24, 2.45) is 0 Å². The number of carboxylic acid groups (broad SMARTS) is 1. The minimum Gasteiger partial charge on any atom is -0.493 e. The number of carbonyl (C=O) groups is 1. The lowest BCUT2D eigenvalue weighted by atomic mass is 10.2. The predicted octanol–water partition coefficient (Wildman–Crippen LogP) is 1.53. The zero-order chi connectivity index (χ0) is 9.14. The number of hydrogen-bond donors (Lipinski definition) is 1. The highest BCUT2D eigenvalue weighted by Crippen LogP contribution is 2.21. The Morgan fingerprint density at radius 1 is 1.58 bits per heavy atom. The van der Waals surface area contributed by atoms with E-state index in [0.29, 0.717) is 0 Å². The highest BCUT2D eigenvalue weighted by Gasteiger charge is 2.13. The Kier molecular flexibility index (Phi) is 2.28. The molecule has 0 aliphatic carbocycles. The van der Waals surface area contributed by atoms with E-state index < -0.39 is 11.8 Å². The Labute approximate surface area is 68.4 Å². The van der Waals surface area contributed by atoms with Gasteiger partial charge in [-0.3, -0.25) is 0 Å². The van der Waals surface area contributed by atoms with Crippen LogP contribution < -0.4 is 4.74 Å². The average Bonchev–Trinajstić information content (AvgIpc) is 2.03. The van der Waals surface area contributed by atoms with Gasteiger partial charge in [0.25, 0.3) is 0 Å². The maximum Gasteiger partial charge on any atom is 0.339 e. The molecule has 0 heterocycles. The zero-order valence-corrected chi connectivity index (χ0v) is 6.37. The van der Waals surface area contributed by atoms with E-state index in [0.717, 1.165) is 6.07 Å². The molecule has 64 valence electrons. The van der Waals surface area contributed by atoms with Crippen LogP contribution in [0.15, 0.2) is 18.2 Å². The van der Waals surface area contributed by atoms with E-state index in [2.05, 4.69) is 4.74 Å². The first-order valence-corrected chi connectivity index (χ1v) is 3.22. The summed E-state index contributed by atoms with van der Waals surface area (Å²) in [6.07, 6.45) is 0. The van der Waals surface area contributed by atoms with Crippen molar-refractivity contribution in [1.82, 2.24) is 0 Å². The van der Waals surface area contributed by atoms with Crippen LogP contribution in [0.3, 0.4) is 0 Å². The van der Waals surface area contributed by atoms with Crippen LogP contribution in [0.5, 0.6) is 5.75 Å².